The van der Waals surface area contributed by atoms with Crippen molar-refractivity contribution in [1.29, 1.82) is 0 Å². The summed E-state index contributed by atoms with van der Waals surface area (Å²) in [5.74, 6) is 0. The highest BCUT2D eigenvalue weighted by molar-refractivity contribution is 7.02. The highest BCUT2D eigenvalue weighted by Crippen LogP contribution is 2.02. The second kappa shape index (κ2) is 4.03. The monoisotopic (exact) mass is 211 g/mol. The number of hydrogen-bond acceptors (Lipinski definition) is 0. The molecule has 0 saturated heterocycles. The topological polar surface area (TPSA) is 0 Å². The summed E-state index contributed by atoms with van der Waals surface area (Å²) in [6.07, 6.45) is 0. The van der Waals surface area contributed by atoms with E-state index in [0.29, 0.717) is 0 Å². The summed E-state index contributed by atoms with van der Waals surface area (Å²) >= 11 is 0. The van der Waals surface area contributed by atoms with E-state index in [2.05, 4.69) is 73.8 Å². The fraction of sp³-hybridized carbons (Fsp3) is 0.0714. The van der Waals surface area contributed by atoms with Crippen molar-refractivity contribution in [1.82, 2.24) is 0 Å². The molecular weight excluding hydrogens is 196 g/mol. The molecule has 0 saturated carbocycles. The van der Waals surface area contributed by atoms with E-state index in [1.54, 1.807) is 0 Å². The van der Waals surface area contributed by atoms with Gasteiger partial charge in [-0.1, -0.05) is 84.1 Å². The van der Waals surface area contributed by atoms with E-state index in [4.69, 9.17) is 0 Å². The molecule has 0 bridgehead atoms. The number of hydrogen-bond donors (Lipinski definition) is 0. The smallest absolute Gasteiger partial charge is 0.0626 e. The summed E-state index contributed by atoms with van der Waals surface area (Å²) in [5.41, 5.74) is 0. The molecule has 0 atom stereocenters. The van der Waals surface area contributed by atoms with E-state index >= 15 is 0 Å². The minimum absolute atomic E-state index is 1.39. The Kier molecular flexibility index (Phi) is 2.74. The lowest BCUT2D eigenvalue weighted by atomic mass is 10.4. The van der Waals surface area contributed by atoms with E-state index in [1.165, 1.54) is 10.4 Å². The molecule has 0 aliphatic rings. The Morgan fingerprint density at radius 3 is 1.40 bits per heavy atom. The molecule has 0 N–H and O–H groups in total. The van der Waals surface area contributed by atoms with Crippen LogP contribution in [-0.2, 0) is 0 Å². The molecule has 75 valence electrons. The van der Waals surface area contributed by atoms with Gasteiger partial charge in [0, 0.05) is 0 Å². The minimum atomic E-state index is -1.71. The zero-order chi connectivity index (χ0) is 10.7. The average molecular weight is 211 g/mol. The van der Waals surface area contributed by atoms with Crippen molar-refractivity contribution in [3.63, 3.8) is 0 Å². The molecule has 0 spiro atoms. The largest absolute Gasteiger partial charge is 0.114 e. The molecule has 0 amide bonds. The molecule has 15 heavy (non-hydrogen) atoms. The van der Waals surface area contributed by atoms with Crippen LogP contribution in [0.25, 0.3) is 0 Å². The second-order valence-electron chi connectivity index (χ2n) is 4.06. The molecule has 1 heteroatoms. The van der Waals surface area contributed by atoms with Crippen molar-refractivity contribution in [2.45, 2.75) is 6.55 Å². The van der Waals surface area contributed by atoms with Crippen molar-refractivity contribution in [2.24, 2.45) is 0 Å². The van der Waals surface area contributed by atoms with E-state index in [1.807, 2.05) is 0 Å². The summed E-state index contributed by atoms with van der Waals surface area (Å²) in [6, 6.07) is 21.2. The molecular formula is C14H15Si. The van der Waals surface area contributed by atoms with Crippen LogP contribution in [0.2, 0.25) is 6.55 Å². The number of rotatable bonds is 2. The van der Waals surface area contributed by atoms with Crippen LogP contribution in [0.4, 0.5) is 0 Å². The molecule has 0 aromatic heterocycles. The van der Waals surface area contributed by atoms with Crippen molar-refractivity contribution in [3.05, 3.63) is 67.2 Å². The normalized spacial score (nSPS) is 11.3. The summed E-state index contributed by atoms with van der Waals surface area (Å²) in [7, 11) is -1.71. The molecule has 0 nitrogen and oxygen atoms in total. The van der Waals surface area contributed by atoms with Crippen LogP contribution in [0.15, 0.2) is 60.7 Å². The van der Waals surface area contributed by atoms with Gasteiger partial charge in [0.1, 0.15) is 8.07 Å². The van der Waals surface area contributed by atoms with Crippen LogP contribution in [0.5, 0.6) is 0 Å². The second-order valence-corrected chi connectivity index (χ2v) is 7.88. The van der Waals surface area contributed by atoms with Gasteiger partial charge in [0.2, 0.25) is 0 Å². The van der Waals surface area contributed by atoms with Crippen LogP contribution in [-0.4, -0.2) is 8.07 Å². The molecule has 0 fully saturated rings. The van der Waals surface area contributed by atoms with Crippen LogP contribution >= 0.6 is 0 Å². The van der Waals surface area contributed by atoms with Gasteiger partial charge in [0.05, 0.1) is 0 Å². The van der Waals surface area contributed by atoms with Gasteiger partial charge < -0.3 is 0 Å². The molecule has 2 rings (SSSR count). The Bertz CT molecular complexity index is 376. The van der Waals surface area contributed by atoms with Gasteiger partial charge in [0.15, 0.2) is 0 Å². The SMILES string of the molecule is [CH2][Si](C)(c1ccccc1)c1ccccc1. The lowest BCUT2D eigenvalue weighted by Crippen LogP contribution is -2.53. The Labute approximate surface area is 92.6 Å². The lowest BCUT2D eigenvalue weighted by molar-refractivity contribution is 1.69. The fourth-order valence-corrected chi connectivity index (χ4v) is 3.97. The third-order valence-corrected chi connectivity index (χ3v) is 6.04. The fourth-order valence-electron chi connectivity index (χ4n) is 1.78. The Morgan fingerprint density at radius 2 is 1.07 bits per heavy atom. The van der Waals surface area contributed by atoms with E-state index < -0.39 is 8.07 Å². The van der Waals surface area contributed by atoms with Gasteiger partial charge in [-0.15, -0.1) is 0 Å². The summed E-state index contributed by atoms with van der Waals surface area (Å²) in [4.78, 5) is 0. The first-order chi connectivity index (χ1) is 7.21. The molecule has 0 aliphatic heterocycles. The number of benzene rings is 2. The average Bonchev–Trinajstić information content (AvgIpc) is 2.31. The summed E-state index contributed by atoms with van der Waals surface area (Å²) in [6.45, 7) is 6.74. The summed E-state index contributed by atoms with van der Waals surface area (Å²) in [5, 5.41) is 2.77. The van der Waals surface area contributed by atoms with Gasteiger partial charge in [-0.3, -0.25) is 0 Å². The third-order valence-electron chi connectivity index (χ3n) is 2.82. The zero-order valence-corrected chi connectivity index (χ0v) is 9.98. The van der Waals surface area contributed by atoms with Gasteiger partial charge in [0.25, 0.3) is 0 Å². The predicted molar refractivity (Wildman–Crippen MR) is 69.1 cm³/mol. The molecule has 1 radical (unpaired) electrons. The molecule has 0 heterocycles. The maximum absolute atomic E-state index is 4.45. The van der Waals surface area contributed by atoms with Gasteiger partial charge in [-0.05, 0) is 0 Å². The van der Waals surface area contributed by atoms with Crippen LogP contribution in [0.1, 0.15) is 0 Å². The molecule has 0 unspecified atom stereocenters. The first-order valence-electron chi connectivity index (χ1n) is 5.17. The lowest BCUT2D eigenvalue weighted by Gasteiger charge is -2.23. The van der Waals surface area contributed by atoms with Crippen LogP contribution in [0.3, 0.4) is 0 Å². The highest BCUT2D eigenvalue weighted by Gasteiger charge is 2.24. The van der Waals surface area contributed by atoms with Crippen LogP contribution in [0, 0.1) is 6.55 Å². The van der Waals surface area contributed by atoms with E-state index in [0.717, 1.165) is 0 Å². The maximum atomic E-state index is 4.45. The molecule has 2 aromatic carbocycles. The quantitative estimate of drug-likeness (QED) is 0.668. The first-order valence-corrected chi connectivity index (χ1v) is 7.88. The van der Waals surface area contributed by atoms with Crippen LogP contribution < -0.4 is 10.4 Å². The van der Waals surface area contributed by atoms with Crippen molar-refractivity contribution >= 4 is 18.4 Å². The zero-order valence-electron chi connectivity index (χ0n) is 8.98. The summed E-state index contributed by atoms with van der Waals surface area (Å²) < 4.78 is 0. The molecule has 2 aromatic rings. The minimum Gasteiger partial charge on any atom is -0.0626 e. The van der Waals surface area contributed by atoms with E-state index in [9.17, 15) is 0 Å². The molecule has 0 aliphatic carbocycles. The van der Waals surface area contributed by atoms with Gasteiger partial charge >= 0.3 is 0 Å². The third kappa shape index (κ3) is 2.02. The van der Waals surface area contributed by atoms with Crippen molar-refractivity contribution in [2.75, 3.05) is 0 Å². The van der Waals surface area contributed by atoms with E-state index in [-0.39, 0.29) is 0 Å². The predicted octanol–water partition coefficient (Wildman–Crippen LogP) is 2.25. The Balaban J connectivity index is 2.44. The maximum Gasteiger partial charge on any atom is 0.114 e. The van der Waals surface area contributed by atoms with Crippen molar-refractivity contribution < 1.29 is 0 Å². The first kappa shape index (κ1) is 10.2. The standard InChI is InChI=1S/C14H15Si/c1-15(2,13-9-5-3-6-10-13)14-11-7-4-8-12-14/h3-12H,1H2,2H3. The Hall–Kier alpha value is -1.34. The highest BCUT2D eigenvalue weighted by atomic mass is 28.3. The van der Waals surface area contributed by atoms with Gasteiger partial charge in [-0.2, -0.15) is 0 Å². The van der Waals surface area contributed by atoms with Gasteiger partial charge in [-0.25, -0.2) is 0 Å². The Morgan fingerprint density at radius 1 is 0.733 bits per heavy atom. The van der Waals surface area contributed by atoms with Crippen molar-refractivity contribution in [3.8, 4) is 0 Å².